The first kappa shape index (κ1) is 14.0. The molecule has 1 unspecified atom stereocenters. The van der Waals surface area contributed by atoms with E-state index < -0.39 is 0 Å². The third-order valence-electron chi connectivity index (χ3n) is 3.12. The van der Waals surface area contributed by atoms with Crippen molar-refractivity contribution in [2.24, 2.45) is 5.92 Å². The Hall–Kier alpha value is -1.09. The zero-order chi connectivity index (χ0) is 12.8. The molecule has 1 heterocycles. The summed E-state index contributed by atoms with van der Waals surface area (Å²) in [5.74, 6) is 1.82. The van der Waals surface area contributed by atoms with E-state index in [2.05, 4.69) is 49.1 Å². The molecule has 1 atom stereocenters. The minimum Gasteiger partial charge on any atom is -0.359 e. The maximum atomic E-state index is 4.51. The fourth-order valence-electron chi connectivity index (χ4n) is 1.78. The molecule has 0 saturated heterocycles. The van der Waals surface area contributed by atoms with E-state index in [4.69, 9.17) is 0 Å². The van der Waals surface area contributed by atoms with Crippen LogP contribution in [-0.4, -0.2) is 25.6 Å². The summed E-state index contributed by atoms with van der Waals surface area (Å²) in [7, 11) is 4.10. The molecule has 0 fully saturated rings. The van der Waals surface area contributed by atoms with Crippen molar-refractivity contribution in [3.8, 4) is 0 Å². The summed E-state index contributed by atoms with van der Waals surface area (Å²) in [6.45, 7) is 7.72. The van der Waals surface area contributed by atoms with E-state index in [9.17, 15) is 0 Å². The average molecular weight is 235 g/mol. The molecule has 0 aliphatic heterocycles. The summed E-state index contributed by atoms with van der Waals surface area (Å²) < 4.78 is 0. The van der Waals surface area contributed by atoms with Crippen molar-refractivity contribution in [3.05, 3.63) is 23.9 Å². The molecule has 1 aromatic heterocycles. The maximum absolute atomic E-state index is 4.51. The Morgan fingerprint density at radius 3 is 2.65 bits per heavy atom. The van der Waals surface area contributed by atoms with E-state index in [1.54, 1.807) is 0 Å². The number of nitrogens with one attached hydrogen (secondary N) is 1. The second kappa shape index (κ2) is 6.60. The largest absolute Gasteiger partial charge is 0.359 e. The van der Waals surface area contributed by atoms with Gasteiger partial charge in [0.05, 0.1) is 0 Å². The Kier molecular flexibility index (Phi) is 5.42. The zero-order valence-electron chi connectivity index (χ0n) is 11.7. The van der Waals surface area contributed by atoms with Gasteiger partial charge in [-0.2, -0.15) is 0 Å². The molecule has 0 spiro atoms. The van der Waals surface area contributed by atoms with Crippen LogP contribution in [0.5, 0.6) is 0 Å². The number of rotatable bonds is 6. The Morgan fingerprint density at radius 1 is 1.35 bits per heavy atom. The molecule has 0 saturated carbocycles. The van der Waals surface area contributed by atoms with Gasteiger partial charge < -0.3 is 10.2 Å². The Bertz CT molecular complexity index is 336. The minimum atomic E-state index is 0.334. The average Bonchev–Trinajstić information content (AvgIpc) is 2.34. The number of pyridine rings is 1. The molecule has 0 aliphatic rings. The predicted molar refractivity (Wildman–Crippen MR) is 74.4 cm³/mol. The fourth-order valence-corrected chi connectivity index (χ4v) is 1.78. The van der Waals surface area contributed by atoms with Crippen LogP contribution in [0.2, 0.25) is 0 Å². The topological polar surface area (TPSA) is 28.2 Å². The monoisotopic (exact) mass is 235 g/mol. The molecular formula is C14H25N3. The third kappa shape index (κ3) is 4.00. The second-order valence-corrected chi connectivity index (χ2v) is 5.03. The number of aromatic nitrogens is 1. The lowest BCUT2D eigenvalue weighted by Gasteiger charge is -2.24. The van der Waals surface area contributed by atoms with Gasteiger partial charge in [-0.3, -0.25) is 0 Å². The lowest BCUT2D eigenvalue weighted by atomic mass is 10.1. The summed E-state index contributed by atoms with van der Waals surface area (Å²) in [5, 5.41) is 3.27. The SMILES string of the molecule is CNC(C)c1cccnc1N(C)CCC(C)C. The van der Waals surface area contributed by atoms with Crippen molar-refractivity contribution in [2.45, 2.75) is 33.2 Å². The van der Waals surface area contributed by atoms with E-state index in [0.717, 1.165) is 18.3 Å². The highest BCUT2D eigenvalue weighted by Crippen LogP contribution is 2.23. The molecule has 0 aromatic carbocycles. The van der Waals surface area contributed by atoms with Gasteiger partial charge in [-0.1, -0.05) is 19.9 Å². The first-order chi connectivity index (χ1) is 8.06. The lowest BCUT2D eigenvalue weighted by Crippen LogP contribution is -2.24. The molecule has 96 valence electrons. The lowest BCUT2D eigenvalue weighted by molar-refractivity contribution is 0.580. The Morgan fingerprint density at radius 2 is 2.06 bits per heavy atom. The number of hydrogen-bond donors (Lipinski definition) is 1. The number of nitrogens with zero attached hydrogens (tertiary/aromatic N) is 2. The molecule has 3 heteroatoms. The van der Waals surface area contributed by atoms with Crippen LogP contribution in [0.4, 0.5) is 5.82 Å². The van der Waals surface area contributed by atoms with Crippen molar-refractivity contribution in [1.82, 2.24) is 10.3 Å². The van der Waals surface area contributed by atoms with Crippen molar-refractivity contribution < 1.29 is 0 Å². The molecule has 1 aromatic rings. The van der Waals surface area contributed by atoms with Gasteiger partial charge in [0.25, 0.3) is 0 Å². The van der Waals surface area contributed by atoms with Crippen LogP contribution in [0.25, 0.3) is 0 Å². The van der Waals surface area contributed by atoms with Crippen LogP contribution in [-0.2, 0) is 0 Å². The van der Waals surface area contributed by atoms with Crippen LogP contribution in [0.3, 0.4) is 0 Å². The third-order valence-corrected chi connectivity index (χ3v) is 3.12. The van der Waals surface area contributed by atoms with Gasteiger partial charge >= 0.3 is 0 Å². The summed E-state index contributed by atoms with van der Waals surface area (Å²) in [5.41, 5.74) is 1.27. The zero-order valence-corrected chi connectivity index (χ0v) is 11.7. The maximum Gasteiger partial charge on any atom is 0.133 e. The molecular weight excluding hydrogens is 210 g/mol. The highest BCUT2D eigenvalue weighted by atomic mass is 15.2. The number of hydrogen-bond acceptors (Lipinski definition) is 3. The van der Waals surface area contributed by atoms with Crippen LogP contribution >= 0.6 is 0 Å². The molecule has 0 aliphatic carbocycles. The summed E-state index contributed by atoms with van der Waals surface area (Å²) in [6, 6.07) is 4.48. The normalized spacial score (nSPS) is 12.8. The Balaban J connectivity index is 2.81. The van der Waals surface area contributed by atoms with Crippen molar-refractivity contribution in [1.29, 1.82) is 0 Å². The van der Waals surface area contributed by atoms with Crippen LogP contribution in [0, 0.1) is 5.92 Å². The van der Waals surface area contributed by atoms with Gasteiger partial charge in [0.1, 0.15) is 5.82 Å². The van der Waals surface area contributed by atoms with Crippen molar-refractivity contribution in [3.63, 3.8) is 0 Å². The first-order valence-corrected chi connectivity index (χ1v) is 6.39. The van der Waals surface area contributed by atoms with Gasteiger partial charge in [-0.25, -0.2) is 4.98 Å². The Labute approximate surface area is 105 Å². The molecule has 0 bridgehead atoms. The van der Waals surface area contributed by atoms with E-state index >= 15 is 0 Å². The first-order valence-electron chi connectivity index (χ1n) is 6.39. The molecule has 0 radical (unpaired) electrons. The highest BCUT2D eigenvalue weighted by molar-refractivity contribution is 5.47. The van der Waals surface area contributed by atoms with Crippen LogP contribution in [0.15, 0.2) is 18.3 Å². The van der Waals surface area contributed by atoms with Crippen molar-refractivity contribution >= 4 is 5.82 Å². The number of anilines is 1. The van der Waals surface area contributed by atoms with Gasteiger partial charge in [0.15, 0.2) is 0 Å². The van der Waals surface area contributed by atoms with E-state index in [-0.39, 0.29) is 0 Å². The van der Waals surface area contributed by atoms with Gasteiger partial charge in [0, 0.05) is 31.4 Å². The van der Waals surface area contributed by atoms with Crippen LogP contribution in [0.1, 0.15) is 38.8 Å². The van der Waals surface area contributed by atoms with Crippen LogP contribution < -0.4 is 10.2 Å². The van der Waals surface area contributed by atoms with E-state index in [1.165, 1.54) is 12.0 Å². The smallest absolute Gasteiger partial charge is 0.133 e. The minimum absolute atomic E-state index is 0.334. The fraction of sp³-hybridized carbons (Fsp3) is 0.643. The van der Waals surface area contributed by atoms with Gasteiger partial charge in [-0.15, -0.1) is 0 Å². The molecule has 1 rings (SSSR count). The standard InChI is InChI=1S/C14H25N3/c1-11(2)8-10-17(5)14-13(12(3)15-4)7-6-9-16-14/h6-7,9,11-12,15H,8,10H2,1-5H3. The van der Waals surface area contributed by atoms with Crippen molar-refractivity contribution in [2.75, 3.05) is 25.5 Å². The van der Waals surface area contributed by atoms with Gasteiger partial charge in [-0.05, 0) is 32.4 Å². The summed E-state index contributed by atoms with van der Waals surface area (Å²) >= 11 is 0. The second-order valence-electron chi connectivity index (χ2n) is 5.03. The molecule has 3 nitrogen and oxygen atoms in total. The summed E-state index contributed by atoms with van der Waals surface area (Å²) in [4.78, 5) is 6.76. The molecule has 1 N–H and O–H groups in total. The summed E-state index contributed by atoms with van der Waals surface area (Å²) in [6.07, 6.45) is 3.06. The van der Waals surface area contributed by atoms with E-state index in [0.29, 0.717) is 6.04 Å². The molecule has 17 heavy (non-hydrogen) atoms. The highest BCUT2D eigenvalue weighted by Gasteiger charge is 2.13. The molecule has 0 amide bonds. The van der Waals surface area contributed by atoms with Gasteiger partial charge in [0.2, 0.25) is 0 Å². The van der Waals surface area contributed by atoms with E-state index in [1.807, 2.05) is 19.3 Å². The quantitative estimate of drug-likeness (QED) is 0.822. The predicted octanol–water partition coefficient (Wildman–Crippen LogP) is 2.84.